The Balaban J connectivity index is 1.87. The Hall–Kier alpha value is -2.38. The molecule has 3 aromatic rings. The minimum atomic E-state index is -4.10. The van der Waals surface area contributed by atoms with Gasteiger partial charge in [-0.1, -0.05) is 79.5 Å². The third-order valence-corrected chi connectivity index (χ3v) is 7.40. The van der Waals surface area contributed by atoms with Gasteiger partial charge in [-0.05, 0) is 47.4 Å². The van der Waals surface area contributed by atoms with Crippen molar-refractivity contribution < 1.29 is 13.2 Å². The third-order valence-electron chi connectivity index (χ3n) is 4.89. The van der Waals surface area contributed by atoms with Crippen molar-refractivity contribution >= 4 is 44.8 Å². The molecule has 0 fully saturated rings. The summed E-state index contributed by atoms with van der Waals surface area (Å²) in [6.07, 6.45) is 0. The number of rotatable bonds is 8. The van der Waals surface area contributed by atoms with E-state index in [0.717, 1.165) is 15.4 Å². The van der Waals surface area contributed by atoms with Gasteiger partial charge in [-0.2, -0.15) is 4.31 Å². The Morgan fingerprint density at radius 1 is 0.969 bits per heavy atom. The molecule has 3 rings (SSSR count). The van der Waals surface area contributed by atoms with Crippen molar-refractivity contribution in [2.45, 2.75) is 31.2 Å². The molecule has 3 aromatic carbocycles. The Morgan fingerprint density at radius 3 is 2.25 bits per heavy atom. The smallest absolute Gasteiger partial charge is 0.245 e. The van der Waals surface area contributed by atoms with Gasteiger partial charge in [0.1, 0.15) is 4.90 Å². The topological polar surface area (TPSA) is 66.5 Å². The van der Waals surface area contributed by atoms with Crippen LogP contribution in [0.5, 0.6) is 0 Å². The molecule has 168 valence electrons. The van der Waals surface area contributed by atoms with E-state index >= 15 is 0 Å². The first kappa shape index (κ1) is 24.3. The van der Waals surface area contributed by atoms with Crippen LogP contribution >= 0.6 is 23.2 Å². The molecule has 0 spiro atoms. The summed E-state index contributed by atoms with van der Waals surface area (Å²) < 4.78 is 27.9. The maximum Gasteiger partial charge on any atom is 0.245 e. The lowest BCUT2D eigenvalue weighted by molar-refractivity contribution is -0.116. The van der Waals surface area contributed by atoms with Crippen LogP contribution in [0.15, 0.2) is 77.7 Å². The van der Waals surface area contributed by atoms with Gasteiger partial charge in [-0.25, -0.2) is 8.42 Å². The summed E-state index contributed by atoms with van der Waals surface area (Å²) in [5.74, 6) is -0.0892. The fourth-order valence-electron chi connectivity index (χ4n) is 3.14. The molecule has 0 radical (unpaired) electrons. The largest absolute Gasteiger partial charge is 0.325 e. The third kappa shape index (κ3) is 6.11. The van der Waals surface area contributed by atoms with Gasteiger partial charge in [-0.15, -0.1) is 0 Å². The van der Waals surface area contributed by atoms with E-state index in [2.05, 4.69) is 19.2 Å². The lowest BCUT2D eigenvalue weighted by Gasteiger charge is -2.23. The zero-order valence-electron chi connectivity index (χ0n) is 17.8. The first-order valence-electron chi connectivity index (χ1n) is 10.1. The van der Waals surface area contributed by atoms with Crippen LogP contribution in [0.1, 0.15) is 30.9 Å². The van der Waals surface area contributed by atoms with Crippen LogP contribution in [0.2, 0.25) is 10.0 Å². The van der Waals surface area contributed by atoms with Gasteiger partial charge in [0.2, 0.25) is 15.9 Å². The molecule has 0 saturated heterocycles. The lowest BCUT2D eigenvalue weighted by atomic mass is 10.0. The molecular weight excluding hydrogens is 467 g/mol. The van der Waals surface area contributed by atoms with E-state index in [1.54, 1.807) is 24.3 Å². The number of carbonyl (C=O) groups excluding carboxylic acids is 1. The lowest BCUT2D eigenvalue weighted by Crippen LogP contribution is -2.37. The highest BCUT2D eigenvalue weighted by molar-refractivity contribution is 7.89. The summed E-state index contributed by atoms with van der Waals surface area (Å²) in [5, 5.41) is 3.05. The Morgan fingerprint density at radius 2 is 1.62 bits per heavy atom. The molecule has 0 aliphatic rings. The second kappa shape index (κ2) is 10.5. The van der Waals surface area contributed by atoms with Crippen molar-refractivity contribution in [1.82, 2.24) is 4.31 Å². The summed E-state index contributed by atoms with van der Waals surface area (Å²) >= 11 is 12.2. The number of halogens is 2. The Kier molecular flexibility index (Phi) is 7.96. The molecule has 5 nitrogen and oxygen atoms in total. The van der Waals surface area contributed by atoms with Gasteiger partial charge in [0.15, 0.2) is 0 Å². The monoisotopic (exact) mass is 490 g/mol. The molecule has 0 atom stereocenters. The highest BCUT2D eigenvalue weighted by Gasteiger charge is 2.29. The summed E-state index contributed by atoms with van der Waals surface area (Å²) in [6, 6.07) is 20.7. The van der Waals surface area contributed by atoms with Crippen LogP contribution in [0.4, 0.5) is 5.69 Å². The SMILES string of the molecule is CC(C)c1ccc(NC(=O)CN(Cc2ccccc2)S(=O)(=O)c2cc(Cl)ccc2Cl)cc1. The molecule has 0 aromatic heterocycles. The number of nitrogens with zero attached hydrogens (tertiary/aromatic N) is 1. The molecule has 0 unspecified atom stereocenters. The molecule has 8 heteroatoms. The van der Waals surface area contributed by atoms with E-state index in [-0.39, 0.29) is 28.0 Å². The number of hydrogen-bond acceptors (Lipinski definition) is 3. The van der Waals surface area contributed by atoms with Crippen molar-refractivity contribution in [1.29, 1.82) is 0 Å². The predicted octanol–water partition coefficient (Wildman–Crippen LogP) is 5.95. The van der Waals surface area contributed by atoms with Crippen molar-refractivity contribution in [3.05, 3.63) is 94.0 Å². The molecule has 0 aliphatic heterocycles. The number of sulfonamides is 1. The van der Waals surface area contributed by atoms with Crippen LogP contribution in [0.25, 0.3) is 0 Å². The summed E-state index contributed by atoms with van der Waals surface area (Å²) in [4.78, 5) is 12.6. The maximum atomic E-state index is 13.4. The average Bonchev–Trinajstić information content (AvgIpc) is 2.76. The quantitative estimate of drug-likeness (QED) is 0.424. The minimum Gasteiger partial charge on any atom is -0.325 e. The molecule has 1 N–H and O–H groups in total. The van der Waals surface area contributed by atoms with Crippen molar-refractivity contribution in [3.8, 4) is 0 Å². The molecule has 0 saturated carbocycles. The van der Waals surface area contributed by atoms with Crippen molar-refractivity contribution in [2.24, 2.45) is 0 Å². The standard InChI is InChI=1S/C24H24Cl2N2O3S/c1-17(2)19-8-11-21(12-9-19)27-24(29)16-28(15-18-6-4-3-5-7-18)32(30,31)23-14-20(25)10-13-22(23)26/h3-14,17H,15-16H2,1-2H3,(H,27,29). The van der Waals surface area contributed by atoms with E-state index in [1.165, 1.54) is 18.2 Å². The highest BCUT2D eigenvalue weighted by Crippen LogP contribution is 2.28. The first-order valence-corrected chi connectivity index (χ1v) is 12.3. The average molecular weight is 491 g/mol. The van der Waals surface area contributed by atoms with Crippen LogP contribution in [-0.4, -0.2) is 25.2 Å². The summed E-state index contributed by atoms with van der Waals surface area (Å²) in [7, 11) is -4.10. The number of carbonyl (C=O) groups is 1. The van der Waals surface area contributed by atoms with E-state index in [0.29, 0.717) is 11.6 Å². The molecular formula is C24H24Cl2N2O3S. The fraction of sp³-hybridized carbons (Fsp3) is 0.208. The molecule has 1 amide bonds. The second-order valence-electron chi connectivity index (χ2n) is 7.66. The summed E-state index contributed by atoms with van der Waals surface area (Å²) in [5.41, 5.74) is 2.48. The van der Waals surface area contributed by atoms with E-state index in [1.807, 2.05) is 30.3 Å². The van der Waals surface area contributed by atoms with E-state index < -0.39 is 15.9 Å². The van der Waals surface area contributed by atoms with Gasteiger partial charge in [0, 0.05) is 17.3 Å². The van der Waals surface area contributed by atoms with Crippen LogP contribution < -0.4 is 5.32 Å². The van der Waals surface area contributed by atoms with Gasteiger partial charge in [0.05, 0.1) is 11.6 Å². The van der Waals surface area contributed by atoms with Crippen molar-refractivity contribution in [2.75, 3.05) is 11.9 Å². The first-order chi connectivity index (χ1) is 15.2. The predicted molar refractivity (Wildman–Crippen MR) is 130 cm³/mol. The zero-order valence-corrected chi connectivity index (χ0v) is 20.1. The van der Waals surface area contributed by atoms with Gasteiger partial charge < -0.3 is 5.32 Å². The number of anilines is 1. The zero-order chi connectivity index (χ0) is 23.3. The number of amides is 1. The van der Waals surface area contributed by atoms with Gasteiger partial charge in [-0.3, -0.25) is 4.79 Å². The van der Waals surface area contributed by atoms with Crippen LogP contribution in [0.3, 0.4) is 0 Å². The van der Waals surface area contributed by atoms with Gasteiger partial charge in [0.25, 0.3) is 0 Å². The van der Waals surface area contributed by atoms with Crippen LogP contribution in [-0.2, 0) is 21.4 Å². The Labute approximate surface area is 199 Å². The molecule has 0 heterocycles. The van der Waals surface area contributed by atoms with E-state index in [4.69, 9.17) is 23.2 Å². The second-order valence-corrected chi connectivity index (χ2v) is 10.4. The van der Waals surface area contributed by atoms with E-state index in [9.17, 15) is 13.2 Å². The minimum absolute atomic E-state index is 0.00568. The van der Waals surface area contributed by atoms with Crippen LogP contribution in [0, 0.1) is 0 Å². The highest BCUT2D eigenvalue weighted by atomic mass is 35.5. The van der Waals surface area contributed by atoms with Gasteiger partial charge >= 0.3 is 0 Å². The number of nitrogens with one attached hydrogen (secondary N) is 1. The molecule has 0 bridgehead atoms. The molecule has 0 aliphatic carbocycles. The fourth-order valence-corrected chi connectivity index (χ4v) is 5.26. The summed E-state index contributed by atoms with van der Waals surface area (Å²) in [6.45, 7) is 3.79. The number of benzene rings is 3. The van der Waals surface area contributed by atoms with Crippen molar-refractivity contribution in [3.63, 3.8) is 0 Å². The Bertz CT molecular complexity index is 1180. The molecule has 32 heavy (non-hydrogen) atoms. The number of hydrogen-bond donors (Lipinski definition) is 1. The maximum absolute atomic E-state index is 13.4. The normalized spacial score (nSPS) is 11.7.